The molecule has 6 nitrogen and oxygen atoms in total. The van der Waals surface area contributed by atoms with Crippen molar-refractivity contribution < 1.29 is 17.9 Å². The molecule has 2 heterocycles. The highest BCUT2D eigenvalue weighted by molar-refractivity contribution is 7.89. The summed E-state index contributed by atoms with van der Waals surface area (Å²) in [4.78, 5) is 14.9. The molecule has 2 saturated heterocycles. The molecule has 1 atom stereocenters. The molecule has 0 bridgehead atoms. The molecule has 0 saturated carbocycles. The number of sulfonamides is 1. The van der Waals surface area contributed by atoms with E-state index in [2.05, 4.69) is 6.92 Å². The third-order valence-corrected chi connectivity index (χ3v) is 6.94. The van der Waals surface area contributed by atoms with Crippen molar-refractivity contribution in [2.45, 2.75) is 37.5 Å². The number of methoxy groups -OCH3 is 1. The van der Waals surface area contributed by atoms with Crippen LogP contribution in [-0.4, -0.2) is 56.8 Å². The fraction of sp³-hybridized carbons (Fsp3) is 0.611. The van der Waals surface area contributed by atoms with Crippen molar-refractivity contribution in [2.24, 2.45) is 5.92 Å². The number of carbonyl (C=O) groups excluding carboxylic acids is 1. The van der Waals surface area contributed by atoms with Crippen molar-refractivity contribution in [3.63, 3.8) is 0 Å². The van der Waals surface area contributed by atoms with Gasteiger partial charge in [-0.2, -0.15) is 4.31 Å². The predicted molar refractivity (Wildman–Crippen MR) is 95.3 cm³/mol. The molecule has 3 rings (SSSR count). The Morgan fingerprint density at radius 3 is 2.52 bits per heavy atom. The second kappa shape index (κ2) is 7.33. The first-order chi connectivity index (χ1) is 11.9. The standard InChI is InChI=1S/C18H26N2O4S/c1-14-6-5-9-19(13-14)18(21)16-12-15(7-8-17(16)24-2)25(22,23)20-10-3-4-11-20/h7-8,12,14H,3-6,9-11,13H2,1-2H3/t14-/m0/s1. The molecule has 1 aromatic carbocycles. The van der Waals surface area contributed by atoms with Crippen molar-refractivity contribution >= 4 is 15.9 Å². The maximum absolute atomic E-state index is 13.0. The monoisotopic (exact) mass is 366 g/mol. The number of amides is 1. The zero-order valence-electron chi connectivity index (χ0n) is 14.9. The quantitative estimate of drug-likeness (QED) is 0.820. The Morgan fingerprint density at radius 2 is 1.88 bits per heavy atom. The summed E-state index contributed by atoms with van der Waals surface area (Å²) in [5.74, 6) is 0.727. The van der Waals surface area contributed by atoms with Gasteiger partial charge in [0, 0.05) is 26.2 Å². The molecule has 0 aliphatic carbocycles. The van der Waals surface area contributed by atoms with Crippen LogP contribution in [0.2, 0.25) is 0 Å². The Bertz CT molecular complexity index is 741. The van der Waals surface area contributed by atoms with Crippen LogP contribution < -0.4 is 4.74 Å². The largest absolute Gasteiger partial charge is 0.496 e. The van der Waals surface area contributed by atoms with Gasteiger partial charge in [-0.25, -0.2) is 8.42 Å². The minimum Gasteiger partial charge on any atom is -0.496 e. The molecule has 0 aromatic heterocycles. The first-order valence-electron chi connectivity index (χ1n) is 8.91. The van der Waals surface area contributed by atoms with E-state index in [1.54, 1.807) is 11.0 Å². The first-order valence-corrected chi connectivity index (χ1v) is 10.3. The van der Waals surface area contributed by atoms with Crippen LogP contribution in [0.4, 0.5) is 0 Å². The van der Waals surface area contributed by atoms with Gasteiger partial charge in [0.05, 0.1) is 17.6 Å². The number of ether oxygens (including phenoxy) is 1. The summed E-state index contributed by atoms with van der Waals surface area (Å²) < 4.78 is 32.4. The third kappa shape index (κ3) is 3.67. The van der Waals surface area contributed by atoms with Crippen LogP contribution in [0.3, 0.4) is 0 Å². The molecule has 0 unspecified atom stereocenters. The van der Waals surface area contributed by atoms with Crippen molar-refractivity contribution in [1.29, 1.82) is 0 Å². The number of rotatable bonds is 4. The number of hydrogen-bond donors (Lipinski definition) is 0. The van der Waals surface area contributed by atoms with E-state index in [-0.39, 0.29) is 10.8 Å². The number of hydrogen-bond acceptors (Lipinski definition) is 4. The number of piperidine rings is 1. The Morgan fingerprint density at radius 1 is 1.16 bits per heavy atom. The maximum Gasteiger partial charge on any atom is 0.257 e. The van der Waals surface area contributed by atoms with E-state index in [4.69, 9.17) is 4.74 Å². The average molecular weight is 366 g/mol. The zero-order chi connectivity index (χ0) is 18.0. The van der Waals surface area contributed by atoms with Gasteiger partial charge in [-0.15, -0.1) is 0 Å². The highest BCUT2D eigenvalue weighted by Gasteiger charge is 2.30. The summed E-state index contributed by atoms with van der Waals surface area (Å²) in [5.41, 5.74) is 0.330. The fourth-order valence-corrected chi connectivity index (χ4v) is 5.18. The fourth-order valence-electron chi connectivity index (χ4n) is 3.64. The van der Waals surface area contributed by atoms with E-state index >= 15 is 0 Å². The maximum atomic E-state index is 13.0. The van der Waals surface area contributed by atoms with Gasteiger partial charge in [0.15, 0.2) is 0 Å². The van der Waals surface area contributed by atoms with E-state index < -0.39 is 10.0 Å². The molecule has 2 aliphatic rings. The lowest BCUT2D eigenvalue weighted by Crippen LogP contribution is -2.39. The van der Waals surface area contributed by atoms with Gasteiger partial charge in [-0.1, -0.05) is 6.92 Å². The molecule has 2 fully saturated rings. The van der Waals surface area contributed by atoms with Gasteiger partial charge < -0.3 is 9.64 Å². The lowest BCUT2D eigenvalue weighted by Gasteiger charge is -2.31. The Kier molecular flexibility index (Phi) is 5.34. The summed E-state index contributed by atoms with van der Waals surface area (Å²) in [6.45, 7) is 4.62. The van der Waals surface area contributed by atoms with Gasteiger partial charge in [0.25, 0.3) is 5.91 Å². The smallest absolute Gasteiger partial charge is 0.257 e. The van der Waals surface area contributed by atoms with Crippen molar-refractivity contribution in [1.82, 2.24) is 9.21 Å². The molecule has 25 heavy (non-hydrogen) atoms. The van der Waals surface area contributed by atoms with Crippen LogP contribution in [0.5, 0.6) is 5.75 Å². The first kappa shape index (κ1) is 18.2. The summed E-state index contributed by atoms with van der Waals surface area (Å²) >= 11 is 0. The van der Waals surface area contributed by atoms with Gasteiger partial charge in [-0.3, -0.25) is 4.79 Å². The predicted octanol–water partition coefficient (Wildman–Crippen LogP) is 2.35. The molecule has 7 heteroatoms. The second-order valence-corrected chi connectivity index (χ2v) is 8.91. The molecular formula is C18H26N2O4S. The summed E-state index contributed by atoms with van der Waals surface area (Å²) in [6, 6.07) is 4.60. The number of likely N-dealkylation sites (tertiary alicyclic amines) is 1. The molecular weight excluding hydrogens is 340 g/mol. The van der Waals surface area contributed by atoms with Crippen LogP contribution >= 0.6 is 0 Å². The summed E-state index contributed by atoms with van der Waals surface area (Å²) in [7, 11) is -2.05. The van der Waals surface area contributed by atoms with E-state index in [1.165, 1.54) is 23.5 Å². The lowest BCUT2D eigenvalue weighted by molar-refractivity contribution is 0.0679. The van der Waals surface area contributed by atoms with E-state index in [9.17, 15) is 13.2 Å². The summed E-state index contributed by atoms with van der Waals surface area (Å²) in [5, 5.41) is 0. The van der Waals surface area contributed by atoms with Gasteiger partial charge in [0.2, 0.25) is 10.0 Å². The molecule has 0 N–H and O–H groups in total. The van der Waals surface area contributed by atoms with Crippen molar-refractivity contribution in [2.75, 3.05) is 33.3 Å². The topological polar surface area (TPSA) is 66.9 Å². The molecule has 1 aromatic rings. The minimum absolute atomic E-state index is 0.151. The highest BCUT2D eigenvalue weighted by Crippen LogP contribution is 2.28. The van der Waals surface area contributed by atoms with Gasteiger partial charge in [0.1, 0.15) is 5.75 Å². The number of benzene rings is 1. The van der Waals surface area contributed by atoms with Crippen molar-refractivity contribution in [3.8, 4) is 5.75 Å². The molecule has 0 spiro atoms. The summed E-state index contributed by atoms with van der Waals surface area (Å²) in [6.07, 6.45) is 3.85. The Hall–Kier alpha value is -1.60. The highest BCUT2D eigenvalue weighted by atomic mass is 32.2. The van der Waals surface area contributed by atoms with Crippen LogP contribution in [0.25, 0.3) is 0 Å². The molecule has 1 amide bonds. The lowest BCUT2D eigenvalue weighted by atomic mass is 9.99. The van der Waals surface area contributed by atoms with E-state index in [0.29, 0.717) is 43.4 Å². The van der Waals surface area contributed by atoms with Gasteiger partial charge in [-0.05, 0) is 49.8 Å². The van der Waals surface area contributed by atoms with Crippen LogP contribution in [0, 0.1) is 5.92 Å². The van der Waals surface area contributed by atoms with Crippen LogP contribution in [0.1, 0.15) is 43.0 Å². The second-order valence-electron chi connectivity index (χ2n) is 6.97. The normalized spacial score (nSPS) is 22.2. The van der Waals surface area contributed by atoms with E-state index in [1.807, 2.05) is 0 Å². The SMILES string of the molecule is COc1ccc(S(=O)(=O)N2CCCC2)cc1C(=O)N1CCC[C@H](C)C1. The Balaban J connectivity index is 1.93. The zero-order valence-corrected chi connectivity index (χ0v) is 15.7. The minimum atomic E-state index is -3.55. The average Bonchev–Trinajstić information content (AvgIpc) is 3.16. The Labute approximate surface area is 149 Å². The van der Waals surface area contributed by atoms with Crippen LogP contribution in [-0.2, 0) is 10.0 Å². The third-order valence-electron chi connectivity index (χ3n) is 5.05. The van der Waals surface area contributed by atoms with E-state index in [0.717, 1.165) is 25.7 Å². The molecule has 2 aliphatic heterocycles. The number of nitrogens with zero attached hydrogens (tertiary/aromatic N) is 2. The molecule has 0 radical (unpaired) electrons. The molecule has 138 valence electrons. The van der Waals surface area contributed by atoms with Crippen LogP contribution in [0.15, 0.2) is 23.1 Å². The van der Waals surface area contributed by atoms with Crippen molar-refractivity contribution in [3.05, 3.63) is 23.8 Å². The number of carbonyl (C=O) groups is 1. The van der Waals surface area contributed by atoms with Gasteiger partial charge >= 0.3 is 0 Å².